The maximum absolute atomic E-state index is 5.52. The Morgan fingerprint density at radius 1 is 0.533 bits per heavy atom. The molecule has 0 spiro atoms. The molecule has 2 aliphatic carbocycles. The van der Waals surface area contributed by atoms with Crippen LogP contribution in [-0.2, 0) is 28.3 Å². The summed E-state index contributed by atoms with van der Waals surface area (Å²) < 4.78 is 0. The van der Waals surface area contributed by atoms with Crippen LogP contribution < -0.4 is 0 Å². The van der Waals surface area contributed by atoms with Crippen molar-refractivity contribution in [3.05, 3.63) is 0 Å². The van der Waals surface area contributed by atoms with Crippen LogP contribution in [0.4, 0.5) is 0 Å². The molecule has 0 N–H and O–H groups in total. The van der Waals surface area contributed by atoms with E-state index in [4.69, 9.17) is 9.78 Å². The Balaban J connectivity index is 0.00000112. The van der Waals surface area contributed by atoms with Gasteiger partial charge < -0.3 is 0 Å². The van der Waals surface area contributed by atoms with E-state index in [9.17, 15) is 0 Å². The standard InChI is InChI=1S/C12H22O2.V/c1-3-7-11(8-4-1)13-14-12-9-5-2-6-10-12;/h11-12H,1-10H2;. The van der Waals surface area contributed by atoms with Crippen molar-refractivity contribution in [3.63, 3.8) is 0 Å². The monoisotopic (exact) mass is 249 g/mol. The molecule has 2 rings (SSSR count). The van der Waals surface area contributed by atoms with E-state index in [1.165, 1.54) is 64.2 Å². The maximum Gasteiger partial charge on any atom is 0.0930 e. The van der Waals surface area contributed by atoms with Crippen molar-refractivity contribution in [1.29, 1.82) is 0 Å². The van der Waals surface area contributed by atoms with E-state index >= 15 is 0 Å². The zero-order chi connectivity index (χ0) is 9.64. The van der Waals surface area contributed by atoms with Crippen molar-refractivity contribution in [3.8, 4) is 0 Å². The molecule has 0 unspecified atom stereocenters. The number of hydrogen-bond donors (Lipinski definition) is 0. The molecule has 0 aromatic heterocycles. The molecule has 2 saturated carbocycles. The van der Waals surface area contributed by atoms with E-state index in [0.29, 0.717) is 12.2 Å². The molecule has 0 saturated heterocycles. The van der Waals surface area contributed by atoms with Gasteiger partial charge in [-0.3, -0.25) is 0 Å². The van der Waals surface area contributed by atoms with Crippen LogP contribution in [-0.4, -0.2) is 12.2 Å². The second kappa shape index (κ2) is 7.73. The van der Waals surface area contributed by atoms with Crippen LogP contribution in [0.25, 0.3) is 0 Å². The molecule has 0 atom stereocenters. The fourth-order valence-electron chi connectivity index (χ4n) is 2.48. The maximum atomic E-state index is 5.52. The SMILES string of the molecule is C1CCC(OOC2CCCCC2)CC1.[V]. The molecular formula is C12H22O2V. The third-order valence-electron chi connectivity index (χ3n) is 3.43. The van der Waals surface area contributed by atoms with E-state index in [2.05, 4.69) is 0 Å². The summed E-state index contributed by atoms with van der Waals surface area (Å²) in [6.45, 7) is 0. The first-order chi connectivity index (χ1) is 6.95. The Bertz CT molecular complexity index is 134. The summed E-state index contributed by atoms with van der Waals surface area (Å²) in [5.41, 5.74) is 0. The molecule has 0 aromatic rings. The Morgan fingerprint density at radius 3 is 1.20 bits per heavy atom. The van der Waals surface area contributed by atoms with Gasteiger partial charge in [0.05, 0.1) is 12.2 Å². The van der Waals surface area contributed by atoms with Gasteiger partial charge in [0.15, 0.2) is 0 Å². The van der Waals surface area contributed by atoms with E-state index in [-0.39, 0.29) is 18.6 Å². The first-order valence-corrected chi connectivity index (χ1v) is 6.27. The van der Waals surface area contributed by atoms with Gasteiger partial charge in [0, 0.05) is 18.6 Å². The predicted molar refractivity (Wildman–Crippen MR) is 55.9 cm³/mol. The average molecular weight is 249 g/mol. The molecule has 0 bridgehead atoms. The van der Waals surface area contributed by atoms with Gasteiger partial charge in [-0.05, 0) is 25.7 Å². The normalized spacial score (nSPS) is 24.8. The molecule has 1 radical (unpaired) electrons. The third-order valence-corrected chi connectivity index (χ3v) is 3.43. The second-order valence-electron chi connectivity index (χ2n) is 4.71. The largest absolute Gasteiger partial charge is 0.233 e. The Morgan fingerprint density at radius 2 is 0.867 bits per heavy atom. The molecule has 0 aromatic carbocycles. The molecule has 2 nitrogen and oxygen atoms in total. The second-order valence-corrected chi connectivity index (χ2v) is 4.71. The van der Waals surface area contributed by atoms with Gasteiger partial charge in [-0.1, -0.05) is 38.5 Å². The van der Waals surface area contributed by atoms with Crippen molar-refractivity contribution in [2.45, 2.75) is 76.4 Å². The van der Waals surface area contributed by atoms with Crippen molar-refractivity contribution < 1.29 is 28.3 Å². The third kappa shape index (κ3) is 4.90. The number of rotatable bonds is 3. The minimum atomic E-state index is 0. The average Bonchev–Trinajstić information content (AvgIpc) is 2.29. The molecule has 0 amide bonds. The summed E-state index contributed by atoms with van der Waals surface area (Å²) in [6.07, 6.45) is 13.6. The number of hydrogen-bond acceptors (Lipinski definition) is 2. The molecule has 87 valence electrons. The van der Waals surface area contributed by atoms with Gasteiger partial charge in [0.25, 0.3) is 0 Å². The van der Waals surface area contributed by atoms with Crippen LogP contribution in [0.5, 0.6) is 0 Å². The van der Waals surface area contributed by atoms with Crippen molar-refractivity contribution >= 4 is 0 Å². The summed E-state index contributed by atoms with van der Waals surface area (Å²) in [5.74, 6) is 0. The summed E-state index contributed by atoms with van der Waals surface area (Å²) in [4.78, 5) is 11.0. The topological polar surface area (TPSA) is 18.5 Å². The van der Waals surface area contributed by atoms with Crippen LogP contribution in [0.1, 0.15) is 64.2 Å². The van der Waals surface area contributed by atoms with Gasteiger partial charge in [-0.2, -0.15) is 0 Å². The van der Waals surface area contributed by atoms with Crippen LogP contribution in [0.2, 0.25) is 0 Å². The molecule has 15 heavy (non-hydrogen) atoms. The van der Waals surface area contributed by atoms with Gasteiger partial charge in [0.1, 0.15) is 0 Å². The van der Waals surface area contributed by atoms with Crippen molar-refractivity contribution in [2.75, 3.05) is 0 Å². The van der Waals surface area contributed by atoms with Crippen LogP contribution >= 0.6 is 0 Å². The minimum Gasteiger partial charge on any atom is -0.233 e. The van der Waals surface area contributed by atoms with Crippen LogP contribution in [0, 0.1) is 0 Å². The summed E-state index contributed by atoms with van der Waals surface area (Å²) in [6, 6.07) is 0. The van der Waals surface area contributed by atoms with Gasteiger partial charge in [-0.15, -0.1) is 0 Å². The van der Waals surface area contributed by atoms with Crippen molar-refractivity contribution in [1.82, 2.24) is 0 Å². The van der Waals surface area contributed by atoms with Gasteiger partial charge >= 0.3 is 0 Å². The molecular weight excluding hydrogens is 227 g/mol. The molecule has 2 aliphatic rings. The zero-order valence-corrected chi connectivity index (χ0v) is 10.9. The van der Waals surface area contributed by atoms with Crippen LogP contribution in [0.3, 0.4) is 0 Å². The predicted octanol–water partition coefficient (Wildman–Crippen LogP) is 3.60. The first-order valence-electron chi connectivity index (χ1n) is 6.27. The Labute approximate surface area is 105 Å². The summed E-state index contributed by atoms with van der Waals surface area (Å²) in [5, 5.41) is 0. The van der Waals surface area contributed by atoms with E-state index < -0.39 is 0 Å². The molecule has 3 heteroatoms. The first kappa shape index (κ1) is 13.6. The minimum absolute atomic E-state index is 0. The quantitative estimate of drug-likeness (QED) is 0.562. The summed E-state index contributed by atoms with van der Waals surface area (Å²) >= 11 is 0. The van der Waals surface area contributed by atoms with Gasteiger partial charge in [0.2, 0.25) is 0 Å². The smallest absolute Gasteiger partial charge is 0.0930 e. The molecule has 0 aliphatic heterocycles. The Hall–Kier alpha value is 0.504. The Kier molecular flexibility index (Phi) is 6.99. The van der Waals surface area contributed by atoms with Crippen molar-refractivity contribution in [2.24, 2.45) is 0 Å². The van der Waals surface area contributed by atoms with Gasteiger partial charge in [-0.25, -0.2) is 9.78 Å². The van der Waals surface area contributed by atoms with E-state index in [0.717, 1.165) is 0 Å². The molecule has 2 fully saturated rings. The van der Waals surface area contributed by atoms with E-state index in [1.807, 2.05) is 0 Å². The van der Waals surface area contributed by atoms with Crippen LogP contribution in [0.15, 0.2) is 0 Å². The fourth-order valence-corrected chi connectivity index (χ4v) is 2.48. The molecule has 0 heterocycles. The summed E-state index contributed by atoms with van der Waals surface area (Å²) in [7, 11) is 0. The zero-order valence-electron chi connectivity index (χ0n) is 9.49. The van der Waals surface area contributed by atoms with E-state index in [1.54, 1.807) is 0 Å². The fraction of sp³-hybridized carbons (Fsp3) is 1.00.